The Labute approximate surface area is 305 Å². The molecule has 0 bridgehead atoms. The fourth-order valence-corrected chi connectivity index (χ4v) is 6.86. The molecule has 1 N–H and O–H groups in total. The molecule has 49 heavy (non-hydrogen) atoms. The standard InChI is InChI=1S/C28H22N3.C15H28O2.Ir/c1-16-11-17(2)24-18(3)13-21(14-20(24)12-16)26-28-27(30-15-29-26)25-22-8-6-5-7-19(22)9-10-23(25)31(28)4;1-7-14(5,8-2)12(16)11-13(17)15(6,9-3)10-4;/h5-13,15H,1-4H3;11,16H,7-10H2,1-6H3;/q-1;;/b;12-11-;. The van der Waals surface area contributed by atoms with Crippen molar-refractivity contribution in [3.63, 3.8) is 0 Å². The quantitative estimate of drug-likeness (QED) is 0.0942. The number of hydrogen-bond acceptors (Lipinski definition) is 4. The van der Waals surface area contributed by atoms with E-state index < -0.39 is 0 Å². The van der Waals surface area contributed by atoms with Gasteiger partial charge in [0, 0.05) is 55.1 Å². The van der Waals surface area contributed by atoms with Crippen LogP contribution >= 0.6 is 0 Å². The fourth-order valence-electron chi connectivity index (χ4n) is 6.86. The summed E-state index contributed by atoms with van der Waals surface area (Å²) >= 11 is 0. The van der Waals surface area contributed by atoms with Crippen molar-refractivity contribution in [1.82, 2.24) is 14.5 Å². The molecule has 4 aromatic carbocycles. The summed E-state index contributed by atoms with van der Waals surface area (Å²) in [5.74, 6) is 0.286. The van der Waals surface area contributed by atoms with Crippen molar-refractivity contribution in [3.05, 3.63) is 95.5 Å². The number of aliphatic hydroxyl groups is 1. The van der Waals surface area contributed by atoms with Crippen LogP contribution in [-0.4, -0.2) is 25.4 Å². The molecule has 0 aliphatic heterocycles. The van der Waals surface area contributed by atoms with Crippen LogP contribution in [0.15, 0.2) is 72.8 Å². The number of aryl methyl sites for hydroxylation is 4. The number of carbonyl (C=O) groups is 1. The normalized spacial score (nSPS) is 12.3. The molecule has 0 fully saturated rings. The van der Waals surface area contributed by atoms with Crippen LogP contribution in [0.1, 0.15) is 83.9 Å². The number of carbonyl (C=O) groups excluding carboxylic acids is 1. The Bertz CT molecular complexity index is 2190. The van der Waals surface area contributed by atoms with E-state index in [0.717, 1.165) is 53.4 Å². The van der Waals surface area contributed by atoms with Crippen LogP contribution in [-0.2, 0) is 31.9 Å². The van der Waals surface area contributed by atoms with Crippen LogP contribution in [0.25, 0.3) is 54.7 Å². The largest absolute Gasteiger partial charge is 0.512 e. The van der Waals surface area contributed by atoms with Gasteiger partial charge in [0.2, 0.25) is 0 Å². The molecule has 0 aliphatic rings. The van der Waals surface area contributed by atoms with E-state index in [4.69, 9.17) is 9.97 Å². The van der Waals surface area contributed by atoms with Gasteiger partial charge in [-0.15, -0.1) is 29.1 Å². The first-order valence-corrected chi connectivity index (χ1v) is 17.3. The predicted molar refractivity (Wildman–Crippen MR) is 203 cm³/mol. The smallest absolute Gasteiger partial charge is 0.164 e. The molecule has 0 saturated heterocycles. The van der Waals surface area contributed by atoms with E-state index in [0.29, 0.717) is 0 Å². The Kier molecular flexibility index (Phi) is 11.6. The van der Waals surface area contributed by atoms with Crippen LogP contribution in [0.5, 0.6) is 0 Å². The first kappa shape index (κ1) is 37.9. The monoisotopic (exact) mass is 833 g/mol. The number of allylic oxidation sites excluding steroid dienone is 2. The van der Waals surface area contributed by atoms with Gasteiger partial charge in [-0.25, -0.2) is 4.98 Å². The van der Waals surface area contributed by atoms with Crippen LogP contribution in [0.2, 0.25) is 0 Å². The number of ketones is 1. The molecule has 0 aliphatic carbocycles. The molecule has 6 aromatic rings. The van der Waals surface area contributed by atoms with Crippen LogP contribution in [0.3, 0.4) is 0 Å². The minimum atomic E-state index is -0.337. The summed E-state index contributed by atoms with van der Waals surface area (Å²) in [6.07, 6.45) is 6.44. The van der Waals surface area contributed by atoms with Crippen molar-refractivity contribution in [2.45, 2.75) is 88.0 Å². The summed E-state index contributed by atoms with van der Waals surface area (Å²) in [5.41, 5.74) is 8.33. The van der Waals surface area contributed by atoms with Gasteiger partial charge in [-0.3, -0.25) is 9.78 Å². The Morgan fingerprint density at radius 1 is 0.857 bits per heavy atom. The zero-order chi connectivity index (χ0) is 35.0. The number of fused-ring (bicyclic) bond motifs is 6. The molecule has 1 radical (unpaired) electrons. The van der Waals surface area contributed by atoms with E-state index in [1.807, 2.05) is 41.5 Å². The molecule has 0 saturated carbocycles. The van der Waals surface area contributed by atoms with Crippen molar-refractivity contribution in [3.8, 4) is 11.3 Å². The maximum atomic E-state index is 12.2. The zero-order valence-corrected chi connectivity index (χ0v) is 33.1. The third kappa shape index (κ3) is 6.96. The number of aromatic nitrogens is 3. The maximum Gasteiger partial charge on any atom is 0.164 e. The first-order chi connectivity index (χ1) is 22.8. The molecule has 0 amide bonds. The molecule has 0 atom stereocenters. The summed E-state index contributed by atoms with van der Waals surface area (Å²) < 4.78 is 2.22. The van der Waals surface area contributed by atoms with Gasteiger partial charge < -0.3 is 9.67 Å². The second-order valence-corrected chi connectivity index (χ2v) is 14.0. The minimum absolute atomic E-state index is 0. The van der Waals surface area contributed by atoms with Gasteiger partial charge in [0.25, 0.3) is 0 Å². The SMILES string of the molecule is CCC(C)(CC)C(=O)/C=C(\O)C(C)(CC)CC.Cc1cc(C)c2c(C)cc(-c3ncnc4c5c6ccccc6ccc5n(C)c34)[c-]c2c1.[Ir]. The van der Waals surface area contributed by atoms with Gasteiger partial charge in [-0.1, -0.05) is 107 Å². The zero-order valence-electron chi connectivity index (χ0n) is 30.7. The van der Waals surface area contributed by atoms with E-state index in [-0.39, 0.29) is 42.5 Å². The first-order valence-electron chi connectivity index (χ1n) is 17.3. The predicted octanol–water partition coefficient (Wildman–Crippen LogP) is 11.5. The minimum Gasteiger partial charge on any atom is -0.512 e. The molecule has 0 unspecified atom stereocenters. The topological polar surface area (TPSA) is 68.0 Å². The number of hydrogen-bond donors (Lipinski definition) is 1. The number of nitrogens with zero attached hydrogens (tertiary/aromatic N) is 3. The molecular formula is C43H50IrN3O2-. The van der Waals surface area contributed by atoms with E-state index in [1.165, 1.54) is 49.8 Å². The number of aliphatic hydroxyl groups excluding tert-OH is 1. The summed E-state index contributed by atoms with van der Waals surface area (Å²) in [6.45, 7) is 18.6. The second-order valence-electron chi connectivity index (χ2n) is 14.0. The average Bonchev–Trinajstić information content (AvgIpc) is 3.39. The third-order valence-electron chi connectivity index (χ3n) is 11.0. The summed E-state index contributed by atoms with van der Waals surface area (Å²) in [7, 11) is 2.11. The Balaban J connectivity index is 0.000000260. The van der Waals surface area contributed by atoms with E-state index in [2.05, 4.69) is 93.0 Å². The van der Waals surface area contributed by atoms with Crippen molar-refractivity contribution in [1.29, 1.82) is 0 Å². The second kappa shape index (κ2) is 14.9. The van der Waals surface area contributed by atoms with Gasteiger partial charge in [0.1, 0.15) is 12.1 Å². The van der Waals surface area contributed by atoms with Crippen molar-refractivity contribution in [2.75, 3.05) is 0 Å². The molecule has 6 heteroatoms. The number of rotatable bonds is 8. The fraction of sp³-hybridized carbons (Fsp3) is 0.372. The average molecular weight is 833 g/mol. The van der Waals surface area contributed by atoms with E-state index in [9.17, 15) is 9.90 Å². The Morgan fingerprint density at radius 2 is 1.49 bits per heavy atom. The third-order valence-corrected chi connectivity index (χ3v) is 11.0. The molecule has 2 heterocycles. The molecule has 5 nitrogen and oxygen atoms in total. The van der Waals surface area contributed by atoms with Crippen LogP contribution in [0, 0.1) is 37.7 Å². The summed E-state index contributed by atoms with van der Waals surface area (Å²) in [6, 6.07) is 23.2. The number of benzene rings is 4. The van der Waals surface area contributed by atoms with Crippen molar-refractivity contribution < 1.29 is 30.0 Å². The van der Waals surface area contributed by atoms with Gasteiger partial charge in [-0.2, -0.15) is 0 Å². The Hall–Kier alpha value is -3.86. The van der Waals surface area contributed by atoms with Crippen LogP contribution in [0.4, 0.5) is 0 Å². The van der Waals surface area contributed by atoms with Gasteiger partial charge in [0.05, 0.1) is 16.6 Å². The van der Waals surface area contributed by atoms with Crippen molar-refractivity contribution in [2.24, 2.45) is 17.9 Å². The molecular weight excluding hydrogens is 783 g/mol. The van der Waals surface area contributed by atoms with E-state index >= 15 is 0 Å². The molecule has 2 aromatic heterocycles. The maximum absolute atomic E-state index is 12.2. The summed E-state index contributed by atoms with van der Waals surface area (Å²) in [5, 5.41) is 16.2. The summed E-state index contributed by atoms with van der Waals surface area (Å²) in [4.78, 5) is 21.7. The molecule has 6 rings (SSSR count). The molecule has 0 spiro atoms. The van der Waals surface area contributed by atoms with Crippen molar-refractivity contribution >= 4 is 49.3 Å². The molecule has 259 valence electrons. The van der Waals surface area contributed by atoms with E-state index in [1.54, 1.807) is 6.33 Å². The van der Waals surface area contributed by atoms with Gasteiger partial charge >= 0.3 is 0 Å². The Morgan fingerprint density at radius 3 is 2.14 bits per heavy atom. The van der Waals surface area contributed by atoms with Gasteiger partial charge in [0.15, 0.2) is 5.78 Å². The van der Waals surface area contributed by atoms with Gasteiger partial charge in [-0.05, 0) is 56.4 Å². The van der Waals surface area contributed by atoms with Crippen LogP contribution < -0.4 is 0 Å².